The number of hydrogen-bond acceptors (Lipinski definition) is 2. The van der Waals surface area contributed by atoms with Crippen molar-refractivity contribution in [3.05, 3.63) is 33.8 Å². The Morgan fingerprint density at radius 1 is 1.33 bits per heavy atom. The molecule has 0 atom stereocenters. The van der Waals surface area contributed by atoms with Crippen molar-refractivity contribution in [3.63, 3.8) is 0 Å². The molecule has 4 nitrogen and oxygen atoms in total. The molecule has 1 aromatic carbocycles. The molecule has 18 heavy (non-hydrogen) atoms. The van der Waals surface area contributed by atoms with Gasteiger partial charge in [0.25, 0.3) is 5.91 Å². The maximum Gasteiger partial charge on any atom is 0.416 e. The van der Waals surface area contributed by atoms with Crippen LogP contribution < -0.4 is 16.6 Å². The van der Waals surface area contributed by atoms with Crippen molar-refractivity contribution in [1.82, 2.24) is 10.9 Å². The van der Waals surface area contributed by atoms with Crippen molar-refractivity contribution < 1.29 is 18.0 Å². The molecule has 98 valence electrons. The monoisotopic (exact) mass is 341 g/mol. The van der Waals surface area contributed by atoms with E-state index >= 15 is 0 Å². The van der Waals surface area contributed by atoms with E-state index in [-0.39, 0.29) is 15.1 Å². The van der Waals surface area contributed by atoms with Gasteiger partial charge < -0.3 is 5.73 Å². The Labute approximate surface area is 114 Å². The Morgan fingerprint density at radius 2 is 1.94 bits per heavy atom. The second kappa shape index (κ2) is 5.53. The van der Waals surface area contributed by atoms with Crippen molar-refractivity contribution in [2.24, 2.45) is 5.73 Å². The average molecular weight is 342 g/mol. The van der Waals surface area contributed by atoms with Crippen molar-refractivity contribution in [2.45, 2.75) is 6.18 Å². The Hall–Kier alpha value is -1.35. The highest BCUT2D eigenvalue weighted by Crippen LogP contribution is 2.31. The SMILES string of the molecule is NC(=S)NNC(=O)c1cc(C(F)(F)F)ccc1Br. The first-order valence-electron chi connectivity index (χ1n) is 4.44. The first kappa shape index (κ1) is 14.7. The van der Waals surface area contributed by atoms with Gasteiger partial charge in [0.15, 0.2) is 5.11 Å². The van der Waals surface area contributed by atoms with E-state index in [1.807, 2.05) is 0 Å². The lowest BCUT2D eigenvalue weighted by molar-refractivity contribution is -0.137. The first-order valence-corrected chi connectivity index (χ1v) is 5.64. The van der Waals surface area contributed by atoms with Crippen LogP contribution in [0.3, 0.4) is 0 Å². The van der Waals surface area contributed by atoms with Gasteiger partial charge in [-0.2, -0.15) is 13.2 Å². The van der Waals surface area contributed by atoms with Crippen LogP contribution in [0.4, 0.5) is 13.2 Å². The summed E-state index contributed by atoms with van der Waals surface area (Å²) in [4.78, 5) is 11.6. The van der Waals surface area contributed by atoms with Gasteiger partial charge in [-0.05, 0) is 46.3 Å². The summed E-state index contributed by atoms with van der Waals surface area (Å²) >= 11 is 7.43. The van der Waals surface area contributed by atoms with Crippen LogP contribution in [-0.2, 0) is 6.18 Å². The Balaban J connectivity index is 3.01. The quantitative estimate of drug-likeness (QED) is 0.539. The second-order valence-electron chi connectivity index (χ2n) is 3.14. The van der Waals surface area contributed by atoms with Crippen LogP contribution in [0.15, 0.2) is 22.7 Å². The molecule has 1 amide bonds. The molecule has 0 spiro atoms. The minimum Gasteiger partial charge on any atom is -0.375 e. The molecule has 1 aromatic rings. The largest absolute Gasteiger partial charge is 0.416 e. The lowest BCUT2D eigenvalue weighted by Gasteiger charge is -2.11. The smallest absolute Gasteiger partial charge is 0.375 e. The highest BCUT2D eigenvalue weighted by atomic mass is 79.9. The van der Waals surface area contributed by atoms with Crippen molar-refractivity contribution in [1.29, 1.82) is 0 Å². The normalized spacial score (nSPS) is 10.9. The Bertz CT molecular complexity index is 492. The zero-order chi connectivity index (χ0) is 13.9. The summed E-state index contributed by atoms with van der Waals surface area (Å²) in [7, 11) is 0. The number of carbonyl (C=O) groups excluding carboxylic acids is 1. The maximum atomic E-state index is 12.5. The van der Waals surface area contributed by atoms with Crippen LogP contribution in [0, 0.1) is 0 Å². The molecule has 0 radical (unpaired) electrons. The molecule has 0 saturated heterocycles. The third-order valence-electron chi connectivity index (χ3n) is 1.84. The number of amides is 1. The number of thiocarbonyl (C=S) groups is 1. The number of carbonyl (C=O) groups is 1. The van der Waals surface area contributed by atoms with Crippen LogP contribution in [-0.4, -0.2) is 11.0 Å². The molecule has 0 unspecified atom stereocenters. The van der Waals surface area contributed by atoms with E-state index in [1.165, 1.54) is 0 Å². The molecular weight excluding hydrogens is 335 g/mol. The van der Waals surface area contributed by atoms with Crippen LogP contribution in [0.5, 0.6) is 0 Å². The van der Waals surface area contributed by atoms with Gasteiger partial charge in [-0.15, -0.1) is 0 Å². The lowest BCUT2D eigenvalue weighted by Crippen LogP contribution is -2.44. The number of nitrogens with one attached hydrogen (secondary N) is 2. The molecule has 0 bridgehead atoms. The fourth-order valence-electron chi connectivity index (χ4n) is 1.06. The van der Waals surface area contributed by atoms with Gasteiger partial charge in [0, 0.05) is 4.47 Å². The van der Waals surface area contributed by atoms with Crippen LogP contribution in [0.2, 0.25) is 0 Å². The molecule has 0 aromatic heterocycles. The summed E-state index contributed by atoms with van der Waals surface area (Å²) in [5, 5.41) is -0.202. The summed E-state index contributed by atoms with van der Waals surface area (Å²) in [6.07, 6.45) is -4.52. The van der Waals surface area contributed by atoms with Gasteiger partial charge in [-0.25, -0.2) is 0 Å². The molecular formula is C9H7BrF3N3OS. The molecule has 0 aliphatic heterocycles. The van der Waals surface area contributed by atoms with Gasteiger partial charge in [0.2, 0.25) is 0 Å². The van der Waals surface area contributed by atoms with Gasteiger partial charge in [0.1, 0.15) is 0 Å². The van der Waals surface area contributed by atoms with E-state index in [4.69, 9.17) is 5.73 Å². The fourth-order valence-corrected chi connectivity index (χ4v) is 1.54. The molecule has 4 N–H and O–H groups in total. The van der Waals surface area contributed by atoms with Crippen molar-refractivity contribution in [2.75, 3.05) is 0 Å². The van der Waals surface area contributed by atoms with E-state index in [1.54, 1.807) is 0 Å². The fraction of sp³-hybridized carbons (Fsp3) is 0.111. The van der Waals surface area contributed by atoms with E-state index in [0.29, 0.717) is 0 Å². The predicted octanol–water partition coefficient (Wildman–Crippen LogP) is 1.95. The molecule has 9 heteroatoms. The molecule has 0 fully saturated rings. The molecule has 0 saturated carbocycles. The topological polar surface area (TPSA) is 67.2 Å². The lowest BCUT2D eigenvalue weighted by atomic mass is 10.1. The van der Waals surface area contributed by atoms with Gasteiger partial charge in [-0.1, -0.05) is 0 Å². The number of nitrogens with two attached hydrogens (primary N) is 1. The summed E-state index contributed by atoms with van der Waals surface area (Å²) in [5.74, 6) is -0.791. The van der Waals surface area contributed by atoms with E-state index in [2.05, 4.69) is 39.0 Å². The third kappa shape index (κ3) is 3.84. The summed E-state index contributed by atoms with van der Waals surface area (Å²) in [6, 6.07) is 2.72. The summed E-state index contributed by atoms with van der Waals surface area (Å²) in [5.41, 5.74) is 8.16. The van der Waals surface area contributed by atoms with Gasteiger partial charge >= 0.3 is 6.18 Å². The average Bonchev–Trinajstić information content (AvgIpc) is 2.24. The number of alkyl halides is 3. The maximum absolute atomic E-state index is 12.5. The molecule has 0 heterocycles. The standard InChI is InChI=1S/C9H7BrF3N3OS/c10-6-2-1-4(9(11,12)13)3-5(6)7(17)15-16-8(14)18/h1-3H,(H,15,17)(H3,14,16,18). The van der Waals surface area contributed by atoms with Crippen LogP contribution in [0.25, 0.3) is 0 Å². The molecule has 1 rings (SSSR count). The summed E-state index contributed by atoms with van der Waals surface area (Å²) < 4.78 is 37.6. The third-order valence-corrected chi connectivity index (χ3v) is 2.63. The summed E-state index contributed by atoms with van der Waals surface area (Å²) in [6.45, 7) is 0. The number of halogens is 4. The highest BCUT2D eigenvalue weighted by Gasteiger charge is 2.31. The first-order chi connectivity index (χ1) is 8.21. The number of hydrazine groups is 1. The predicted molar refractivity (Wildman–Crippen MR) is 66.5 cm³/mol. The number of hydrogen-bond donors (Lipinski definition) is 3. The number of benzene rings is 1. The molecule has 0 aliphatic carbocycles. The van der Waals surface area contributed by atoms with Gasteiger partial charge in [-0.3, -0.25) is 15.6 Å². The van der Waals surface area contributed by atoms with E-state index in [0.717, 1.165) is 18.2 Å². The van der Waals surface area contributed by atoms with Crippen molar-refractivity contribution in [3.8, 4) is 0 Å². The second-order valence-corrected chi connectivity index (χ2v) is 4.43. The number of rotatable bonds is 1. The van der Waals surface area contributed by atoms with Crippen molar-refractivity contribution >= 4 is 39.2 Å². The zero-order valence-corrected chi connectivity index (χ0v) is 11.0. The molecule has 0 aliphatic rings. The minimum absolute atomic E-state index is 0.187. The van der Waals surface area contributed by atoms with Gasteiger partial charge in [0.05, 0.1) is 11.1 Å². The minimum atomic E-state index is -4.52. The highest BCUT2D eigenvalue weighted by molar-refractivity contribution is 9.10. The van der Waals surface area contributed by atoms with E-state index < -0.39 is 17.6 Å². The van der Waals surface area contributed by atoms with Crippen LogP contribution >= 0.6 is 28.1 Å². The van der Waals surface area contributed by atoms with E-state index in [9.17, 15) is 18.0 Å². The Kier molecular flexibility index (Phi) is 4.52. The zero-order valence-electron chi connectivity index (χ0n) is 8.64. The van der Waals surface area contributed by atoms with Crippen LogP contribution in [0.1, 0.15) is 15.9 Å². The Morgan fingerprint density at radius 3 is 2.44 bits per heavy atom.